The van der Waals surface area contributed by atoms with Gasteiger partial charge in [0.25, 0.3) is 0 Å². The first-order chi connectivity index (χ1) is 8.31. The van der Waals surface area contributed by atoms with E-state index in [0.717, 1.165) is 18.0 Å². The maximum atomic E-state index is 3.81. The van der Waals surface area contributed by atoms with Gasteiger partial charge >= 0.3 is 0 Å². The minimum absolute atomic E-state index is 0.751. The zero-order valence-electron chi connectivity index (χ0n) is 11.8. The molecule has 0 saturated heterocycles. The van der Waals surface area contributed by atoms with E-state index in [4.69, 9.17) is 0 Å². The van der Waals surface area contributed by atoms with E-state index in [0.29, 0.717) is 0 Å². The highest BCUT2D eigenvalue weighted by Crippen LogP contribution is 2.30. The normalized spacial score (nSPS) is 24.2. The fraction of sp³-hybridized carbons (Fsp3) is 1.00. The van der Waals surface area contributed by atoms with Crippen LogP contribution in [0.1, 0.15) is 58.3 Å². The van der Waals surface area contributed by atoms with Crippen molar-refractivity contribution < 1.29 is 0 Å². The molecule has 2 aliphatic rings. The average Bonchev–Trinajstić information content (AvgIpc) is 3.19. The summed E-state index contributed by atoms with van der Waals surface area (Å²) in [5.74, 6) is 0.941. The maximum absolute atomic E-state index is 3.81. The van der Waals surface area contributed by atoms with Crippen LogP contribution in [0.25, 0.3) is 0 Å². The van der Waals surface area contributed by atoms with Gasteiger partial charge in [-0.05, 0) is 51.6 Å². The van der Waals surface area contributed by atoms with Gasteiger partial charge in [0.1, 0.15) is 0 Å². The lowest BCUT2D eigenvalue weighted by atomic mass is 9.83. The lowest BCUT2D eigenvalue weighted by Crippen LogP contribution is -2.46. The van der Waals surface area contributed by atoms with Crippen LogP contribution in [-0.4, -0.2) is 37.1 Å². The molecule has 100 valence electrons. The van der Waals surface area contributed by atoms with Crippen LogP contribution >= 0.6 is 0 Å². The average molecular weight is 238 g/mol. The van der Waals surface area contributed by atoms with Gasteiger partial charge in [0, 0.05) is 18.6 Å². The zero-order valence-corrected chi connectivity index (χ0v) is 11.8. The molecule has 2 heteroatoms. The Morgan fingerprint density at radius 1 is 1.12 bits per heavy atom. The van der Waals surface area contributed by atoms with Crippen molar-refractivity contribution in [1.29, 1.82) is 0 Å². The molecule has 2 fully saturated rings. The number of rotatable bonds is 7. The van der Waals surface area contributed by atoms with E-state index >= 15 is 0 Å². The third-order valence-corrected chi connectivity index (χ3v) is 4.53. The molecule has 0 aromatic heterocycles. The van der Waals surface area contributed by atoms with Crippen LogP contribution in [0.3, 0.4) is 0 Å². The van der Waals surface area contributed by atoms with Crippen molar-refractivity contribution in [2.75, 3.05) is 20.1 Å². The molecule has 0 aromatic rings. The van der Waals surface area contributed by atoms with Crippen molar-refractivity contribution in [2.24, 2.45) is 5.92 Å². The van der Waals surface area contributed by atoms with Crippen LogP contribution in [0.4, 0.5) is 0 Å². The lowest BCUT2D eigenvalue weighted by Gasteiger charge is -2.34. The smallest absolute Gasteiger partial charge is 0.0223 e. The van der Waals surface area contributed by atoms with Crippen LogP contribution < -0.4 is 5.32 Å². The molecule has 1 unspecified atom stereocenters. The Morgan fingerprint density at radius 3 is 2.41 bits per heavy atom. The number of hydrogen-bond acceptors (Lipinski definition) is 2. The first kappa shape index (κ1) is 13.4. The van der Waals surface area contributed by atoms with Crippen LogP contribution in [0, 0.1) is 5.92 Å². The molecule has 0 aliphatic heterocycles. The van der Waals surface area contributed by atoms with E-state index in [-0.39, 0.29) is 0 Å². The first-order valence-electron chi connectivity index (χ1n) is 7.75. The van der Waals surface area contributed by atoms with E-state index < -0.39 is 0 Å². The van der Waals surface area contributed by atoms with Crippen molar-refractivity contribution in [1.82, 2.24) is 10.2 Å². The molecule has 0 bridgehead atoms. The Kier molecular flexibility index (Phi) is 5.30. The predicted octanol–water partition coefficient (Wildman–Crippen LogP) is 3.03. The quantitative estimate of drug-likeness (QED) is 0.733. The molecule has 0 amide bonds. The zero-order chi connectivity index (χ0) is 12.1. The second-order valence-corrected chi connectivity index (χ2v) is 6.13. The van der Waals surface area contributed by atoms with Crippen molar-refractivity contribution in [3.05, 3.63) is 0 Å². The van der Waals surface area contributed by atoms with E-state index in [1.165, 1.54) is 64.5 Å². The number of likely N-dealkylation sites (N-methyl/N-ethyl adjacent to an activating group) is 1. The summed E-state index contributed by atoms with van der Waals surface area (Å²) in [5, 5.41) is 3.81. The topological polar surface area (TPSA) is 15.3 Å². The van der Waals surface area contributed by atoms with Gasteiger partial charge in [0.2, 0.25) is 0 Å². The molecule has 1 N–H and O–H groups in total. The third kappa shape index (κ3) is 4.26. The SMILES string of the molecule is CCCNC(CN(C)C1CC1)C1CCCCC1. The minimum Gasteiger partial charge on any atom is -0.312 e. The third-order valence-electron chi connectivity index (χ3n) is 4.53. The van der Waals surface area contributed by atoms with Crippen LogP contribution in [0.5, 0.6) is 0 Å². The van der Waals surface area contributed by atoms with Crippen molar-refractivity contribution in [3.8, 4) is 0 Å². The number of nitrogens with one attached hydrogen (secondary N) is 1. The highest BCUT2D eigenvalue weighted by atomic mass is 15.2. The van der Waals surface area contributed by atoms with Crippen molar-refractivity contribution in [3.63, 3.8) is 0 Å². The van der Waals surface area contributed by atoms with E-state index in [2.05, 4.69) is 24.2 Å². The first-order valence-corrected chi connectivity index (χ1v) is 7.75. The van der Waals surface area contributed by atoms with Crippen LogP contribution in [-0.2, 0) is 0 Å². The molecular formula is C15H30N2. The Balaban J connectivity index is 1.81. The summed E-state index contributed by atoms with van der Waals surface area (Å²) in [7, 11) is 2.32. The highest BCUT2D eigenvalue weighted by molar-refractivity contribution is 4.88. The summed E-state index contributed by atoms with van der Waals surface area (Å²) >= 11 is 0. The largest absolute Gasteiger partial charge is 0.312 e. The fourth-order valence-corrected chi connectivity index (χ4v) is 3.22. The molecule has 2 saturated carbocycles. The molecule has 0 heterocycles. The second-order valence-electron chi connectivity index (χ2n) is 6.13. The van der Waals surface area contributed by atoms with Gasteiger partial charge in [-0.25, -0.2) is 0 Å². The molecule has 0 radical (unpaired) electrons. The van der Waals surface area contributed by atoms with E-state index in [1.807, 2.05) is 0 Å². The molecule has 0 spiro atoms. The summed E-state index contributed by atoms with van der Waals surface area (Å²) in [6, 6.07) is 1.66. The van der Waals surface area contributed by atoms with E-state index in [9.17, 15) is 0 Å². The summed E-state index contributed by atoms with van der Waals surface area (Å²) in [4.78, 5) is 2.60. The summed E-state index contributed by atoms with van der Waals surface area (Å²) in [5.41, 5.74) is 0. The summed E-state index contributed by atoms with van der Waals surface area (Å²) in [6.07, 6.45) is 11.4. The van der Waals surface area contributed by atoms with Gasteiger partial charge in [0.15, 0.2) is 0 Å². The Morgan fingerprint density at radius 2 is 1.82 bits per heavy atom. The Labute approximate surface area is 107 Å². The predicted molar refractivity (Wildman–Crippen MR) is 74.3 cm³/mol. The van der Waals surface area contributed by atoms with Gasteiger partial charge in [-0.1, -0.05) is 26.2 Å². The minimum atomic E-state index is 0.751. The molecule has 1 atom stereocenters. The standard InChI is InChI=1S/C15H30N2/c1-3-11-16-15(12-17(2)14-9-10-14)13-7-5-4-6-8-13/h13-16H,3-12H2,1-2H3. The van der Waals surface area contributed by atoms with Gasteiger partial charge in [-0.15, -0.1) is 0 Å². The van der Waals surface area contributed by atoms with E-state index in [1.54, 1.807) is 0 Å². The maximum Gasteiger partial charge on any atom is 0.0223 e. The monoisotopic (exact) mass is 238 g/mol. The molecule has 17 heavy (non-hydrogen) atoms. The molecule has 2 rings (SSSR count). The second kappa shape index (κ2) is 6.75. The molecule has 0 aromatic carbocycles. The molecule has 2 nitrogen and oxygen atoms in total. The van der Waals surface area contributed by atoms with Crippen LogP contribution in [0.15, 0.2) is 0 Å². The fourth-order valence-electron chi connectivity index (χ4n) is 3.22. The number of hydrogen-bond donors (Lipinski definition) is 1. The van der Waals surface area contributed by atoms with Gasteiger partial charge in [0.05, 0.1) is 0 Å². The van der Waals surface area contributed by atoms with Gasteiger partial charge in [-0.2, -0.15) is 0 Å². The summed E-state index contributed by atoms with van der Waals surface area (Å²) < 4.78 is 0. The van der Waals surface area contributed by atoms with Crippen LogP contribution in [0.2, 0.25) is 0 Å². The molecular weight excluding hydrogens is 208 g/mol. The lowest BCUT2D eigenvalue weighted by molar-refractivity contribution is 0.200. The van der Waals surface area contributed by atoms with Crippen molar-refractivity contribution in [2.45, 2.75) is 70.4 Å². The Hall–Kier alpha value is -0.0800. The number of nitrogens with zero attached hydrogens (tertiary/aromatic N) is 1. The van der Waals surface area contributed by atoms with Gasteiger partial charge in [-0.3, -0.25) is 0 Å². The summed E-state index contributed by atoms with van der Waals surface area (Å²) in [6.45, 7) is 4.74. The Bertz CT molecular complexity index is 207. The highest BCUT2D eigenvalue weighted by Gasteiger charge is 2.30. The van der Waals surface area contributed by atoms with Crippen molar-refractivity contribution >= 4 is 0 Å². The van der Waals surface area contributed by atoms with Gasteiger partial charge < -0.3 is 10.2 Å². The molecule has 2 aliphatic carbocycles.